The summed E-state index contributed by atoms with van der Waals surface area (Å²) in [6, 6.07) is 7.26. The first-order chi connectivity index (χ1) is 10.2. The molecule has 0 aliphatic carbocycles. The lowest BCUT2D eigenvalue weighted by Crippen LogP contribution is -2.36. The summed E-state index contributed by atoms with van der Waals surface area (Å²) in [5, 5.41) is 12.1. The van der Waals surface area contributed by atoms with E-state index in [0.29, 0.717) is 11.5 Å². The molecule has 1 N–H and O–H groups in total. The Kier molecular flexibility index (Phi) is 4.20. The monoisotopic (exact) mass is 302 g/mol. The average molecular weight is 302 g/mol. The quantitative estimate of drug-likeness (QED) is 0.941. The van der Waals surface area contributed by atoms with Crippen LogP contribution in [-0.2, 0) is 6.42 Å². The first-order valence-electron chi connectivity index (χ1n) is 7.19. The van der Waals surface area contributed by atoms with Crippen LogP contribution in [0.4, 0.5) is 5.13 Å². The molecular formula is C16H18N2O2S. The van der Waals surface area contributed by atoms with Crippen LogP contribution >= 0.6 is 11.3 Å². The van der Waals surface area contributed by atoms with Crippen molar-refractivity contribution in [1.29, 1.82) is 0 Å². The van der Waals surface area contributed by atoms with Crippen molar-refractivity contribution in [1.82, 2.24) is 4.98 Å². The van der Waals surface area contributed by atoms with Crippen molar-refractivity contribution in [2.75, 3.05) is 18.0 Å². The van der Waals surface area contributed by atoms with Crippen LogP contribution in [0.15, 0.2) is 35.8 Å². The zero-order valence-corrected chi connectivity index (χ0v) is 12.6. The fourth-order valence-corrected chi connectivity index (χ4v) is 3.57. The lowest BCUT2D eigenvalue weighted by Gasteiger charge is -2.32. The number of benzene rings is 1. The highest BCUT2D eigenvalue weighted by atomic mass is 32.1. The summed E-state index contributed by atoms with van der Waals surface area (Å²) >= 11 is 1.69. The van der Waals surface area contributed by atoms with Crippen LogP contribution < -0.4 is 4.90 Å². The number of carbonyl (C=O) groups is 1. The minimum atomic E-state index is -0.867. The van der Waals surface area contributed by atoms with Crippen LogP contribution in [0.1, 0.15) is 28.8 Å². The molecule has 0 amide bonds. The number of carboxylic acid groups (broad SMARTS) is 1. The third-order valence-electron chi connectivity index (χ3n) is 3.93. The molecule has 1 fully saturated rings. The predicted molar refractivity (Wildman–Crippen MR) is 84.2 cm³/mol. The SMILES string of the molecule is O=C(O)c1ccc(CC2CCCN(c3nccs3)C2)cc1. The molecule has 5 heteroatoms. The van der Waals surface area contributed by atoms with E-state index in [-0.39, 0.29) is 0 Å². The molecule has 0 saturated carbocycles. The highest BCUT2D eigenvalue weighted by Gasteiger charge is 2.21. The third-order valence-corrected chi connectivity index (χ3v) is 4.77. The lowest BCUT2D eigenvalue weighted by atomic mass is 9.91. The van der Waals surface area contributed by atoms with Gasteiger partial charge in [0.1, 0.15) is 0 Å². The van der Waals surface area contributed by atoms with Crippen molar-refractivity contribution in [2.45, 2.75) is 19.3 Å². The van der Waals surface area contributed by atoms with Crippen molar-refractivity contribution in [3.63, 3.8) is 0 Å². The molecule has 1 unspecified atom stereocenters. The molecule has 1 aliphatic heterocycles. The maximum Gasteiger partial charge on any atom is 0.335 e. The minimum Gasteiger partial charge on any atom is -0.478 e. The number of hydrogen-bond acceptors (Lipinski definition) is 4. The highest BCUT2D eigenvalue weighted by molar-refractivity contribution is 7.13. The van der Waals surface area contributed by atoms with E-state index in [1.165, 1.54) is 18.4 Å². The Bertz CT molecular complexity index is 595. The molecule has 1 aliphatic rings. The van der Waals surface area contributed by atoms with Crippen molar-refractivity contribution in [2.24, 2.45) is 5.92 Å². The summed E-state index contributed by atoms with van der Waals surface area (Å²) in [7, 11) is 0. The fraction of sp³-hybridized carbons (Fsp3) is 0.375. The summed E-state index contributed by atoms with van der Waals surface area (Å²) in [6.45, 7) is 2.12. The summed E-state index contributed by atoms with van der Waals surface area (Å²) in [5.74, 6) is -0.257. The van der Waals surface area contributed by atoms with Crippen LogP contribution in [-0.4, -0.2) is 29.1 Å². The van der Waals surface area contributed by atoms with E-state index in [0.717, 1.165) is 24.6 Å². The number of hydrogen-bond donors (Lipinski definition) is 1. The van der Waals surface area contributed by atoms with E-state index < -0.39 is 5.97 Å². The summed E-state index contributed by atoms with van der Waals surface area (Å²) in [4.78, 5) is 17.6. The molecule has 0 bridgehead atoms. The molecule has 4 nitrogen and oxygen atoms in total. The van der Waals surface area contributed by atoms with Crippen LogP contribution in [0.25, 0.3) is 0 Å². The average Bonchev–Trinajstić information content (AvgIpc) is 3.02. The van der Waals surface area contributed by atoms with E-state index >= 15 is 0 Å². The number of anilines is 1. The summed E-state index contributed by atoms with van der Waals surface area (Å²) in [5.41, 5.74) is 1.57. The van der Waals surface area contributed by atoms with Gasteiger partial charge in [0.25, 0.3) is 0 Å². The number of nitrogens with zero attached hydrogens (tertiary/aromatic N) is 2. The topological polar surface area (TPSA) is 53.4 Å². The van der Waals surface area contributed by atoms with Crippen LogP contribution in [0.3, 0.4) is 0 Å². The predicted octanol–water partition coefficient (Wildman–Crippen LogP) is 3.30. The van der Waals surface area contributed by atoms with Gasteiger partial charge >= 0.3 is 5.97 Å². The molecule has 0 spiro atoms. The van der Waals surface area contributed by atoms with Crippen molar-refractivity contribution >= 4 is 22.4 Å². The Morgan fingerprint density at radius 1 is 1.38 bits per heavy atom. The van der Waals surface area contributed by atoms with Crippen molar-refractivity contribution in [3.8, 4) is 0 Å². The van der Waals surface area contributed by atoms with Gasteiger partial charge in [0.05, 0.1) is 5.56 Å². The molecule has 21 heavy (non-hydrogen) atoms. The Labute approximate surface area is 128 Å². The first-order valence-corrected chi connectivity index (χ1v) is 8.07. The number of rotatable bonds is 4. The summed E-state index contributed by atoms with van der Waals surface area (Å²) in [6.07, 6.45) is 5.27. The molecule has 1 saturated heterocycles. The van der Waals surface area contributed by atoms with E-state index in [4.69, 9.17) is 5.11 Å². The van der Waals surface area contributed by atoms with Gasteiger partial charge in [-0.25, -0.2) is 9.78 Å². The zero-order valence-electron chi connectivity index (χ0n) is 11.7. The zero-order chi connectivity index (χ0) is 14.7. The molecule has 2 heterocycles. The Hall–Kier alpha value is -1.88. The second-order valence-corrected chi connectivity index (χ2v) is 6.35. The van der Waals surface area contributed by atoms with Crippen LogP contribution in [0.2, 0.25) is 0 Å². The third kappa shape index (κ3) is 3.42. The number of thiazole rings is 1. The number of aromatic nitrogens is 1. The molecule has 1 aromatic carbocycles. The molecule has 2 aromatic rings. The standard InChI is InChI=1S/C16H18N2O2S/c19-15(20)14-5-3-12(4-6-14)10-13-2-1-8-18(11-13)16-17-7-9-21-16/h3-7,9,13H,1-2,8,10-11H2,(H,19,20). The minimum absolute atomic E-state index is 0.354. The van der Waals surface area contributed by atoms with Crippen LogP contribution in [0.5, 0.6) is 0 Å². The molecule has 3 rings (SSSR count). The number of carboxylic acids is 1. The van der Waals surface area contributed by atoms with Gasteiger partial charge in [-0.15, -0.1) is 11.3 Å². The van der Waals surface area contributed by atoms with E-state index in [9.17, 15) is 4.79 Å². The summed E-state index contributed by atoms with van der Waals surface area (Å²) < 4.78 is 0. The maximum atomic E-state index is 10.9. The number of piperidine rings is 1. The van der Waals surface area contributed by atoms with Gasteiger partial charge in [-0.1, -0.05) is 12.1 Å². The molecule has 0 radical (unpaired) electrons. The second-order valence-electron chi connectivity index (χ2n) is 5.48. The molecular weight excluding hydrogens is 284 g/mol. The molecule has 110 valence electrons. The van der Waals surface area contributed by atoms with Gasteiger partial charge in [0.15, 0.2) is 5.13 Å². The maximum absolute atomic E-state index is 10.9. The Morgan fingerprint density at radius 2 is 2.19 bits per heavy atom. The van der Waals surface area contributed by atoms with E-state index in [2.05, 4.69) is 9.88 Å². The highest BCUT2D eigenvalue weighted by Crippen LogP contribution is 2.26. The lowest BCUT2D eigenvalue weighted by molar-refractivity contribution is 0.0697. The molecule has 1 atom stereocenters. The van der Waals surface area contributed by atoms with E-state index in [1.54, 1.807) is 23.5 Å². The van der Waals surface area contributed by atoms with Crippen LogP contribution in [0, 0.1) is 5.92 Å². The number of aromatic carboxylic acids is 1. The molecule has 1 aromatic heterocycles. The fourth-order valence-electron chi connectivity index (χ4n) is 2.89. The van der Waals surface area contributed by atoms with Gasteiger partial charge in [-0.3, -0.25) is 0 Å². The van der Waals surface area contributed by atoms with Crippen molar-refractivity contribution in [3.05, 3.63) is 47.0 Å². The van der Waals surface area contributed by atoms with Gasteiger partial charge < -0.3 is 10.0 Å². The Morgan fingerprint density at radius 3 is 2.86 bits per heavy atom. The second kappa shape index (κ2) is 6.26. The van der Waals surface area contributed by atoms with Gasteiger partial charge in [0.2, 0.25) is 0 Å². The Balaban J connectivity index is 1.63. The van der Waals surface area contributed by atoms with Gasteiger partial charge in [-0.2, -0.15) is 0 Å². The van der Waals surface area contributed by atoms with Gasteiger partial charge in [0, 0.05) is 24.7 Å². The first kappa shape index (κ1) is 14.1. The van der Waals surface area contributed by atoms with Crippen molar-refractivity contribution < 1.29 is 9.90 Å². The smallest absolute Gasteiger partial charge is 0.335 e. The largest absolute Gasteiger partial charge is 0.478 e. The van der Waals surface area contributed by atoms with E-state index in [1.807, 2.05) is 23.7 Å². The normalized spacial score (nSPS) is 18.7. The van der Waals surface area contributed by atoms with Gasteiger partial charge in [-0.05, 0) is 42.9 Å².